The highest BCUT2D eigenvalue weighted by Crippen LogP contribution is 2.40. The average Bonchev–Trinajstić information content (AvgIpc) is 3.89. The second kappa shape index (κ2) is 11.1. The number of amides is 2. The van der Waals surface area contributed by atoms with Crippen LogP contribution in [0.3, 0.4) is 0 Å². The van der Waals surface area contributed by atoms with Crippen LogP contribution in [0.4, 0.5) is 0 Å². The van der Waals surface area contributed by atoms with Crippen molar-refractivity contribution in [3.05, 3.63) is 64.8 Å². The summed E-state index contributed by atoms with van der Waals surface area (Å²) < 4.78 is 7.85. The first-order chi connectivity index (χ1) is 18.9. The molecule has 1 aliphatic heterocycles. The summed E-state index contributed by atoms with van der Waals surface area (Å²) >= 11 is 0. The molecule has 1 saturated heterocycles. The minimum absolute atomic E-state index is 0.0101. The first-order valence-electron chi connectivity index (χ1n) is 14.7. The van der Waals surface area contributed by atoms with Crippen LogP contribution in [-0.4, -0.2) is 58.8 Å². The monoisotopic (exact) mass is 528 g/mol. The molecule has 3 aliphatic rings. The van der Waals surface area contributed by atoms with E-state index < -0.39 is 0 Å². The Balaban J connectivity index is 1.02. The van der Waals surface area contributed by atoms with Gasteiger partial charge in [0.2, 0.25) is 0 Å². The number of carbonyl (C=O) groups excluding carboxylic acids is 2. The van der Waals surface area contributed by atoms with E-state index in [0.29, 0.717) is 29.9 Å². The molecule has 2 aliphatic carbocycles. The molecule has 3 aromatic rings. The van der Waals surface area contributed by atoms with Gasteiger partial charge < -0.3 is 15.0 Å². The second-order valence-electron chi connectivity index (χ2n) is 12.0. The molecule has 1 N–H and O–H groups in total. The zero-order valence-corrected chi connectivity index (χ0v) is 23.2. The Morgan fingerprint density at radius 2 is 1.74 bits per heavy atom. The lowest BCUT2D eigenvalue weighted by Crippen LogP contribution is -2.39. The van der Waals surface area contributed by atoms with Gasteiger partial charge in [-0.2, -0.15) is 5.10 Å². The standard InChI is InChI=1S/C32H40N4O3/c1-21(39-20-24-3-4-24)17-33-31(37)28-11-12-30-29(22(28)2)19-36(34-30)18-23-13-15-35(16-14-23)32(38)27-9-7-26(8-10-27)25-5-6-25/h7-12,19,21,23-25H,3-6,13-18,20H2,1-2H3,(H,33,37). The molecule has 1 aromatic heterocycles. The third kappa shape index (κ3) is 6.19. The number of ether oxygens (including phenoxy) is 1. The quantitative estimate of drug-likeness (QED) is 0.386. The van der Waals surface area contributed by atoms with Gasteiger partial charge in [-0.1, -0.05) is 12.1 Å². The Morgan fingerprint density at radius 1 is 1.00 bits per heavy atom. The maximum atomic E-state index is 13.0. The van der Waals surface area contributed by atoms with Gasteiger partial charge in [0, 0.05) is 55.5 Å². The smallest absolute Gasteiger partial charge is 0.253 e. The maximum Gasteiger partial charge on any atom is 0.253 e. The highest BCUT2D eigenvalue weighted by atomic mass is 16.5. The molecular formula is C32H40N4O3. The summed E-state index contributed by atoms with van der Waals surface area (Å²) in [6.45, 7) is 7.69. The van der Waals surface area contributed by atoms with Crippen LogP contribution in [0, 0.1) is 18.8 Å². The highest BCUT2D eigenvalue weighted by Gasteiger charge is 2.27. The van der Waals surface area contributed by atoms with Gasteiger partial charge in [-0.3, -0.25) is 14.3 Å². The van der Waals surface area contributed by atoms with Crippen molar-refractivity contribution in [1.29, 1.82) is 0 Å². The lowest BCUT2D eigenvalue weighted by molar-refractivity contribution is 0.0555. The topological polar surface area (TPSA) is 76.5 Å². The molecule has 1 atom stereocenters. The lowest BCUT2D eigenvalue weighted by Gasteiger charge is -2.32. The van der Waals surface area contributed by atoms with Crippen molar-refractivity contribution in [2.75, 3.05) is 26.2 Å². The van der Waals surface area contributed by atoms with Gasteiger partial charge in [0.05, 0.1) is 11.6 Å². The van der Waals surface area contributed by atoms with E-state index in [1.165, 1.54) is 31.2 Å². The predicted octanol–water partition coefficient (Wildman–Crippen LogP) is 5.32. The molecule has 0 spiro atoms. The van der Waals surface area contributed by atoms with E-state index in [-0.39, 0.29) is 17.9 Å². The Labute approximate surface area is 230 Å². The fraction of sp³-hybridized carbons (Fsp3) is 0.531. The molecule has 2 heterocycles. The number of carbonyl (C=O) groups is 2. The number of piperidine rings is 1. The SMILES string of the molecule is Cc1c(C(=O)NCC(C)OCC2CC2)ccc2nn(CC3CCN(C(=O)c4ccc(C5CC5)cc4)CC3)cc12. The molecule has 39 heavy (non-hydrogen) atoms. The molecule has 2 saturated carbocycles. The second-order valence-corrected chi connectivity index (χ2v) is 12.0. The minimum Gasteiger partial charge on any atom is -0.376 e. The van der Waals surface area contributed by atoms with E-state index >= 15 is 0 Å². The minimum atomic E-state index is -0.0664. The van der Waals surface area contributed by atoms with Crippen LogP contribution in [0.25, 0.3) is 10.9 Å². The van der Waals surface area contributed by atoms with Crippen LogP contribution in [0.2, 0.25) is 0 Å². The molecule has 2 aromatic carbocycles. The molecule has 7 heteroatoms. The summed E-state index contributed by atoms with van der Waals surface area (Å²) in [6, 6.07) is 12.1. The molecule has 0 radical (unpaired) electrons. The molecule has 206 valence electrons. The van der Waals surface area contributed by atoms with Gasteiger partial charge in [-0.05, 0) is 106 Å². The maximum absolute atomic E-state index is 13.0. The Hall–Kier alpha value is -3.19. The number of aryl methyl sites for hydroxylation is 1. The van der Waals surface area contributed by atoms with E-state index in [0.717, 1.165) is 61.1 Å². The largest absolute Gasteiger partial charge is 0.376 e. The van der Waals surface area contributed by atoms with Crippen molar-refractivity contribution in [2.24, 2.45) is 11.8 Å². The molecule has 2 amide bonds. The fourth-order valence-corrected chi connectivity index (χ4v) is 5.68. The van der Waals surface area contributed by atoms with Crippen molar-refractivity contribution in [1.82, 2.24) is 20.0 Å². The third-order valence-corrected chi connectivity index (χ3v) is 8.67. The average molecular weight is 529 g/mol. The van der Waals surface area contributed by atoms with Gasteiger partial charge in [-0.15, -0.1) is 0 Å². The summed E-state index contributed by atoms with van der Waals surface area (Å²) in [4.78, 5) is 27.9. The number of likely N-dealkylation sites (tertiary alicyclic amines) is 1. The van der Waals surface area contributed by atoms with Crippen molar-refractivity contribution in [3.8, 4) is 0 Å². The van der Waals surface area contributed by atoms with Crippen LogP contribution in [0.15, 0.2) is 42.6 Å². The van der Waals surface area contributed by atoms with Crippen LogP contribution in [-0.2, 0) is 11.3 Å². The van der Waals surface area contributed by atoms with Gasteiger partial charge >= 0.3 is 0 Å². The summed E-state index contributed by atoms with van der Waals surface area (Å²) in [7, 11) is 0. The van der Waals surface area contributed by atoms with E-state index in [9.17, 15) is 9.59 Å². The zero-order valence-electron chi connectivity index (χ0n) is 23.2. The fourth-order valence-electron chi connectivity index (χ4n) is 5.68. The van der Waals surface area contributed by atoms with E-state index in [1.54, 1.807) is 0 Å². The number of hydrogen-bond acceptors (Lipinski definition) is 4. The normalized spacial score (nSPS) is 18.9. The van der Waals surface area contributed by atoms with E-state index in [1.807, 2.05) is 47.7 Å². The Bertz CT molecular complexity index is 1330. The molecule has 6 rings (SSSR count). The van der Waals surface area contributed by atoms with Crippen LogP contribution >= 0.6 is 0 Å². The van der Waals surface area contributed by atoms with Gasteiger partial charge in [0.1, 0.15) is 0 Å². The molecule has 7 nitrogen and oxygen atoms in total. The van der Waals surface area contributed by atoms with Crippen molar-refractivity contribution in [3.63, 3.8) is 0 Å². The summed E-state index contributed by atoms with van der Waals surface area (Å²) in [5, 5.41) is 8.85. The van der Waals surface area contributed by atoms with E-state index in [4.69, 9.17) is 9.84 Å². The van der Waals surface area contributed by atoms with Crippen LogP contribution < -0.4 is 5.32 Å². The molecular weight excluding hydrogens is 488 g/mol. The Morgan fingerprint density at radius 3 is 2.44 bits per heavy atom. The predicted molar refractivity (Wildman–Crippen MR) is 152 cm³/mol. The summed E-state index contributed by atoms with van der Waals surface area (Å²) in [6.07, 6.45) is 9.10. The summed E-state index contributed by atoms with van der Waals surface area (Å²) in [5.74, 6) is 1.98. The third-order valence-electron chi connectivity index (χ3n) is 8.67. The van der Waals surface area contributed by atoms with Crippen LogP contribution in [0.1, 0.15) is 83.2 Å². The lowest BCUT2D eigenvalue weighted by atomic mass is 9.96. The number of benzene rings is 2. The van der Waals surface area contributed by atoms with Gasteiger partial charge in [0.25, 0.3) is 11.8 Å². The number of hydrogen-bond donors (Lipinski definition) is 1. The molecule has 0 bridgehead atoms. The van der Waals surface area contributed by atoms with Gasteiger partial charge in [-0.25, -0.2) is 0 Å². The highest BCUT2D eigenvalue weighted by molar-refractivity contribution is 6.00. The van der Waals surface area contributed by atoms with E-state index in [2.05, 4.69) is 23.6 Å². The number of nitrogens with one attached hydrogen (secondary N) is 1. The Kier molecular flexibility index (Phi) is 7.43. The summed E-state index contributed by atoms with van der Waals surface area (Å²) in [5.41, 5.74) is 4.71. The van der Waals surface area contributed by atoms with Crippen molar-refractivity contribution in [2.45, 2.75) is 70.9 Å². The number of aromatic nitrogens is 2. The van der Waals surface area contributed by atoms with Gasteiger partial charge in [0.15, 0.2) is 0 Å². The van der Waals surface area contributed by atoms with Crippen LogP contribution in [0.5, 0.6) is 0 Å². The van der Waals surface area contributed by atoms with Crippen molar-refractivity contribution >= 4 is 22.7 Å². The number of fused-ring (bicyclic) bond motifs is 1. The number of nitrogens with zero attached hydrogens (tertiary/aromatic N) is 3. The first-order valence-corrected chi connectivity index (χ1v) is 14.7. The molecule has 3 fully saturated rings. The first kappa shape index (κ1) is 26.1. The number of rotatable bonds is 10. The zero-order chi connectivity index (χ0) is 26.9. The molecule has 1 unspecified atom stereocenters. The van der Waals surface area contributed by atoms with Crippen molar-refractivity contribution < 1.29 is 14.3 Å².